The maximum Gasteiger partial charge on any atom is 0.103 e. The zero-order valence-corrected chi connectivity index (χ0v) is 8.45. The SMILES string of the molecule is CC(C)(C#N)N1CCNCC1.Cl. The molecule has 1 aliphatic heterocycles. The summed E-state index contributed by atoms with van der Waals surface area (Å²) < 4.78 is 0. The highest BCUT2D eigenvalue weighted by atomic mass is 35.5. The molecule has 0 aromatic rings. The van der Waals surface area contributed by atoms with Crippen molar-refractivity contribution in [1.82, 2.24) is 10.2 Å². The Kier molecular flexibility index (Phi) is 4.54. The Morgan fingerprint density at radius 3 is 2.25 bits per heavy atom. The van der Waals surface area contributed by atoms with Crippen LogP contribution in [0.4, 0.5) is 0 Å². The van der Waals surface area contributed by atoms with Gasteiger partial charge in [-0.3, -0.25) is 4.90 Å². The van der Waals surface area contributed by atoms with Crippen LogP contribution in [0.25, 0.3) is 0 Å². The van der Waals surface area contributed by atoms with Crippen molar-refractivity contribution in [3.63, 3.8) is 0 Å². The smallest absolute Gasteiger partial charge is 0.103 e. The Labute approximate surface area is 80.1 Å². The molecule has 1 heterocycles. The van der Waals surface area contributed by atoms with Crippen LogP contribution in [0.3, 0.4) is 0 Å². The Morgan fingerprint density at radius 2 is 1.83 bits per heavy atom. The average Bonchev–Trinajstić information content (AvgIpc) is 2.06. The van der Waals surface area contributed by atoms with Gasteiger partial charge in [0.15, 0.2) is 0 Å². The van der Waals surface area contributed by atoms with E-state index in [0.29, 0.717) is 0 Å². The van der Waals surface area contributed by atoms with Crippen LogP contribution in [0.2, 0.25) is 0 Å². The first-order valence-electron chi connectivity index (χ1n) is 4.04. The summed E-state index contributed by atoms with van der Waals surface area (Å²) in [6.45, 7) is 7.92. The zero-order valence-electron chi connectivity index (χ0n) is 7.63. The third-order valence-corrected chi connectivity index (χ3v) is 2.18. The standard InChI is InChI=1S/C8H15N3.ClH/c1-8(2,7-9)11-5-3-10-4-6-11;/h10H,3-6H2,1-2H3;1H. The minimum absolute atomic E-state index is 0. The minimum Gasteiger partial charge on any atom is -0.314 e. The first-order valence-corrected chi connectivity index (χ1v) is 4.04. The van der Waals surface area contributed by atoms with Crippen LogP contribution in [-0.2, 0) is 0 Å². The first-order chi connectivity index (χ1) is 5.17. The summed E-state index contributed by atoms with van der Waals surface area (Å²) in [5.74, 6) is 0. The fraction of sp³-hybridized carbons (Fsp3) is 0.875. The van der Waals surface area contributed by atoms with Crippen LogP contribution in [-0.4, -0.2) is 36.6 Å². The van der Waals surface area contributed by atoms with Gasteiger partial charge in [0, 0.05) is 26.2 Å². The van der Waals surface area contributed by atoms with Crippen molar-refractivity contribution in [3.8, 4) is 6.07 Å². The lowest BCUT2D eigenvalue weighted by atomic mass is 10.0. The summed E-state index contributed by atoms with van der Waals surface area (Å²) in [7, 11) is 0. The molecule has 0 saturated carbocycles. The molecule has 0 atom stereocenters. The Bertz CT molecular complexity index is 168. The molecule has 0 unspecified atom stereocenters. The molecular formula is C8H16ClN3. The van der Waals surface area contributed by atoms with Gasteiger partial charge in [-0.25, -0.2) is 0 Å². The zero-order chi connectivity index (χ0) is 8.32. The summed E-state index contributed by atoms with van der Waals surface area (Å²) in [4.78, 5) is 2.21. The van der Waals surface area contributed by atoms with Crippen molar-refractivity contribution in [2.45, 2.75) is 19.4 Å². The van der Waals surface area contributed by atoms with Gasteiger partial charge >= 0.3 is 0 Å². The van der Waals surface area contributed by atoms with Gasteiger partial charge in [-0.1, -0.05) is 0 Å². The fourth-order valence-corrected chi connectivity index (χ4v) is 1.29. The molecule has 1 aliphatic rings. The largest absolute Gasteiger partial charge is 0.314 e. The van der Waals surface area contributed by atoms with E-state index in [0.717, 1.165) is 26.2 Å². The van der Waals surface area contributed by atoms with Crippen LogP contribution < -0.4 is 5.32 Å². The second kappa shape index (κ2) is 4.66. The molecule has 0 aliphatic carbocycles. The first kappa shape index (κ1) is 11.7. The van der Waals surface area contributed by atoms with Crippen molar-refractivity contribution in [2.24, 2.45) is 0 Å². The number of nitriles is 1. The van der Waals surface area contributed by atoms with Gasteiger partial charge in [0.25, 0.3) is 0 Å². The van der Waals surface area contributed by atoms with E-state index >= 15 is 0 Å². The molecule has 1 rings (SSSR count). The molecule has 1 N–H and O–H groups in total. The van der Waals surface area contributed by atoms with Crippen LogP contribution in [0, 0.1) is 11.3 Å². The highest BCUT2D eigenvalue weighted by Crippen LogP contribution is 2.12. The highest BCUT2D eigenvalue weighted by molar-refractivity contribution is 5.85. The van der Waals surface area contributed by atoms with Gasteiger partial charge in [0.05, 0.1) is 6.07 Å². The van der Waals surface area contributed by atoms with E-state index in [1.54, 1.807) is 0 Å². The summed E-state index contributed by atoms with van der Waals surface area (Å²) in [5.41, 5.74) is -0.290. The van der Waals surface area contributed by atoms with Crippen LogP contribution in [0.1, 0.15) is 13.8 Å². The summed E-state index contributed by atoms with van der Waals surface area (Å²) >= 11 is 0. The van der Waals surface area contributed by atoms with Crippen LogP contribution in [0.5, 0.6) is 0 Å². The second-order valence-electron chi connectivity index (χ2n) is 3.41. The van der Waals surface area contributed by atoms with E-state index in [4.69, 9.17) is 5.26 Å². The molecule has 1 fully saturated rings. The lowest BCUT2D eigenvalue weighted by molar-refractivity contribution is 0.147. The number of nitrogens with one attached hydrogen (secondary N) is 1. The maximum atomic E-state index is 8.83. The van der Waals surface area contributed by atoms with Crippen molar-refractivity contribution >= 4 is 12.4 Å². The monoisotopic (exact) mass is 189 g/mol. The lowest BCUT2D eigenvalue weighted by Crippen LogP contribution is -2.52. The molecule has 0 amide bonds. The van der Waals surface area contributed by atoms with Gasteiger partial charge < -0.3 is 5.32 Å². The predicted octanol–water partition coefficient (Wildman–Crippen LogP) is 0.616. The Balaban J connectivity index is 0.00000121. The quantitative estimate of drug-likeness (QED) is 0.657. The molecule has 0 bridgehead atoms. The molecule has 0 aromatic carbocycles. The number of hydrogen-bond donors (Lipinski definition) is 1. The second-order valence-corrected chi connectivity index (χ2v) is 3.41. The third kappa shape index (κ3) is 2.63. The number of halogens is 1. The molecule has 0 aromatic heterocycles. The van der Waals surface area contributed by atoms with Crippen LogP contribution >= 0.6 is 12.4 Å². The average molecular weight is 190 g/mol. The minimum atomic E-state index is -0.290. The molecule has 4 heteroatoms. The van der Waals surface area contributed by atoms with E-state index < -0.39 is 0 Å². The van der Waals surface area contributed by atoms with Gasteiger partial charge in [-0.15, -0.1) is 12.4 Å². The summed E-state index contributed by atoms with van der Waals surface area (Å²) in [6, 6.07) is 2.31. The summed E-state index contributed by atoms with van der Waals surface area (Å²) in [5, 5.41) is 12.1. The van der Waals surface area contributed by atoms with Gasteiger partial charge in [-0.05, 0) is 13.8 Å². The van der Waals surface area contributed by atoms with Gasteiger partial charge in [0.1, 0.15) is 5.54 Å². The van der Waals surface area contributed by atoms with E-state index in [1.807, 2.05) is 13.8 Å². The van der Waals surface area contributed by atoms with Gasteiger partial charge in [0.2, 0.25) is 0 Å². The molecule has 1 saturated heterocycles. The van der Waals surface area contributed by atoms with Crippen molar-refractivity contribution in [3.05, 3.63) is 0 Å². The Hall–Kier alpha value is -0.300. The number of hydrogen-bond acceptors (Lipinski definition) is 3. The lowest BCUT2D eigenvalue weighted by Gasteiger charge is -2.36. The number of rotatable bonds is 1. The third-order valence-electron chi connectivity index (χ3n) is 2.18. The maximum absolute atomic E-state index is 8.83. The Morgan fingerprint density at radius 1 is 1.33 bits per heavy atom. The van der Waals surface area contributed by atoms with E-state index in [1.165, 1.54) is 0 Å². The predicted molar refractivity (Wildman–Crippen MR) is 51.4 cm³/mol. The molecule has 12 heavy (non-hydrogen) atoms. The molecule has 0 radical (unpaired) electrons. The van der Waals surface area contributed by atoms with E-state index in [-0.39, 0.29) is 17.9 Å². The fourth-order valence-electron chi connectivity index (χ4n) is 1.29. The van der Waals surface area contributed by atoms with Crippen molar-refractivity contribution < 1.29 is 0 Å². The molecule has 70 valence electrons. The van der Waals surface area contributed by atoms with Crippen molar-refractivity contribution in [1.29, 1.82) is 5.26 Å². The molecule has 3 nitrogen and oxygen atoms in total. The van der Waals surface area contributed by atoms with Crippen LogP contribution in [0.15, 0.2) is 0 Å². The summed E-state index contributed by atoms with van der Waals surface area (Å²) in [6.07, 6.45) is 0. The normalized spacial score (nSPS) is 19.4. The molecule has 0 spiro atoms. The van der Waals surface area contributed by atoms with E-state index in [2.05, 4.69) is 16.3 Å². The number of piperazine rings is 1. The van der Waals surface area contributed by atoms with Crippen molar-refractivity contribution in [2.75, 3.05) is 26.2 Å². The van der Waals surface area contributed by atoms with Gasteiger partial charge in [-0.2, -0.15) is 5.26 Å². The topological polar surface area (TPSA) is 39.1 Å². The molecular weight excluding hydrogens is 174 g/mol. The highest BCUT2D eigenvalue weighted by Gasteiger charge is 2.26. The van der Waals surface area contributed by atoms with E-state index in [9.17, 15) is 0 Å². The number of nitrogens with zero attached hydrogens (tertiary/aromatic N) is 2.